The summed E-state index contributed by atoms with van der Waals surface area (Å²) >= 11 is 0. The van der Waals surface area contributed by atoms with Gasteiger partial charge in [0.1, 0.15) is 5.75 Å². The lowest BCUT2D eigenvalue weighted by atomic mass is 9.95. The van der Waals surface area contributed by atoms with Crippen LogP contribution in [-0.4, -0.2) is 10.7 Å². The van der Waals surface area contributed by atoms with E-state index in [0.717, 1.165) is 24.3 Å². The molecule has 2 aliphatic heterocycles. The van der Waals surface area contributed by atoms with E-state index in [2.05, 4.69) is 85.6 Å². The first-order valence-corrected chi connectivity index (χ1v) is 10.0. The van der Waals surface area contributed by atoms with Gasteiger partial charge in [-0.1, -0.05) is 73.7 Å². The van der Waals surface area contributed by atoms with Gasteiger partial charge >= 0.3 is 0 Å². The molecule has 140 valence electrons. The molecular formula is C25H24N2O. The summed E-state index contributed by atoms with van der Waals surface area (Å²) < 4.78 is 6.45. The van der Waals surface area contributed by atoms with Crippen LogP contribution in [0.4, 0.5) is 0 Å². The van der Waals surface area contributed by atoms with Gasteiger partial charge in [0.05, 0.1) is 11.8 Å². The fraction of sp³-hybridized carbons (Fsp3) is 0.240. The standard InChI is InChI=1S/C25H24N2O/c1-3-18-12-14-19(15-13-18)22-16-23-21-10-6-7-11-24(21)28-25(27(23)26-22)20-9-5-4-8-17(20)2/h4-15,23,25H,3,16H2,1-2H3/t23-,25+/m1/s1. The van der Waals surface area contributed by atoms with Crippen LogP contribution in [0.3, 0.4) is 0 Å². The first-order valence-electron chi connectivity index (χ1n) is 10.0. The minimum absolute atomic E-state index is 0.200. The van der Waals surface area contributed by atoms with Crippen LogP contribution in [0, 0.1) is 6.92 Å². The minimum atomic E-state index is -0.200. The summed E-state index contributed by atoms with van der Waals surface area (Å²) in [5.41, 5.74) is 7.30. The van der Waals surface area contributed by atoms with Crippen molar-refractivity contribution in [3.05, 3.63) is 101 Å². The molecule has 0 radical (unpaired) electrons. The summed E-state index contributed by atoms with van der Waals surface area (Å²) in [6.07, 6.45) is 1.75. The maximum atomic E-state index is 6.45. The van der Waals surface area contributed by atoms with Crippen LogP contribution in [0.25, 0.3) is 0 Å². The Hall–Kier alpha value is -3.07. The summed E-state index contributed by atoms with van der Waals surface area (Å²) in [6, 6.07) is 25.8. The zero-order valence-electron chi connectivity index (χ0n) is 16.3. The van der Waals surface area contributed by atoms with Gasteiger partial charge in [-0.05, 0) is 36.1 Å². The van der Waals surface area contributed by atoms with Crippen molar-refractivity contribution >= 4 is 5.71 Å². The maximum Gasteiger partial charge on any atom is 0.214 e. The van der Waals surface area contributed by atoms with Crippen LogP contribution >= 0.6 is 0 Å². The number of hydrogen-bond donors (Lipinski definition) is 0. The lowest BCUT2D eigenvalue weighted by Gasteiger charge is -2.38. The Morgan fingerprint density at radius 2 is 1.64 bits per heavy atom. The van der Waals surface area contributed by atoms with Crippen molar-refractivity contribution < 1.29 is 4.74 Å². The average Bonchev–Trinajstić information content (AvgIpc) is 3.19. The lowest BCUT2D eigenvalue weighted by molar-refractivity contribution is -0.0194. The Morgan fingerprint density at radius 1 is 0.929 bits per heavy atom. The maximum absolute atomic E-state index is 6.45. The summed E-state index contributed by atoms with van der Waals surface area (Å²) in [7, 11) is 0. The molecule has 0 N–H and O–H groups in total. The van der Waals surface area contributed by atoms with Crippen LogP contribution in [-0.2, 0) is 6.42 Å². The molecule has 0 spiro atoms. The van der Waals surface area contributed by atoms with Gasteiger partial charge in [-0.3, -0.25) is 0 Å². The molecule has 0 unspecified atom stereocenters. The molecule has 3 nitrogen and oxygen atoms in total. The van der Waals surface area contributed by atoms with Crippen molar-refractivity contribution in [2.24, 2.45) is 5.10 Å². The second kappa shape index (κ2) is 6.83. The predicted octanol–water partition coefficient (Wildman–Crippen LogP) is 5.80. The van der Waals surface area contributed by atoms with E-state index in [-0.39, 0.29) is 12.3 Å². The Labute approximate surface area is 166 Å². The monoisotopic (exact) mass is 368 g/mol. The Bertz CT molecular complexity index is 1040. The third kappa shape index (κ3) is 2.78. The number of aryl methyl sites for hydroxylation is 2. The molecule has 3 heteroatoms. The van der Waals surface area contributed by atoms with Gasteiger partial charge in [0.15, 0.2) is 0 Å². The zero-order valence-corrected chi connectivity index (χ0v) is 16.3. The van der Waals surface area contributed by atoms with Crippen molar-refractivity contribution in [3.8, 4) is 5.75 Å². The Kier molecular flexibility index (Phi) is 4.16. The molecule has 28 heavy (non-hydrogen) atoms. The number of rotatable bonds is 3. The molecule has 5 rings (SSSR count). The van der Waals surface area contributed by atoms with Gasteiger partial charge < -0.3 is 4.74 Å². The molecule has 0 saturated carbocycles. The highest BCUT2D eigenvalue weighted by Gasteiger charge is 2.41. The number of ether oxygens (including phenoxy) is 1. The molecule has 0 bridgehead atoms. The molecule has 3 aromatic rings. The molecule has 2 aliphatic rings. The van der Waals surface area contributed by atoms with E-state index in [9.17, 15) is 0 Å². The topological polar surface area (TPSA) is 24.8 Å². The molecule has 3 aromatic carbocycles. The quantitative estimate of drug-likeness (QED) is 0.584. The number of nitrogens with zero attached hydrogens (tertiary/aromatic N) is 2. The van der Waals surface area contributed by atoms with Gasteiger partial charge in [-0.2, -0.15) is 5.10 Å². The summed E-state index contributed by atoms with van der Waals surface area (Å²) in [5.74, 6) is 0.967. The smallest absolute Gasteiger partial charge is 0.214 e. The number of hydrazone groups is 1. The van der Waals surface area contributed by atoms with E-state index >= 15 is 0 Å². The molecule has 0 fully saturated rings. The predicted molar refractivity (Wildman–Crippen MR) is 113 cm³/mol. The second-order valence-corrected chi connectivity index (χ2v) is 7.56. The Morgan fingerprint density at radius 3 is 2.39 bits per heavy atom. The second-order valence-electron chi connectivity index (χ2n) is 7.56. The molecule has 2 atom stereocenters. The van der Waals surface area contributed by atoms with E-state index in [1.165, 1.54) is 27.8 Å². The molecule has 0 aromatic heterocycles. The zero-order chi connectivity index (χ0) is 19.1. The normalized spacial score (nSPS) is 20.2. The van der Waals surface area contributed by atoms with E-state index < -0.39 is 0 Å². The molecule has 0 saturated heterocycles. The number of para-hydroxylation sites is 1. The molecule has 2 heterocycles. The van der Waals surface area contributed by atoms with Gasteiger partial charge in [0.2, 0.25) is 6.23 Å². The van der Waals surface area contributed by atoms with Gasteiger partial charge in [0.25, 0.3) is 0 Å². The van der Waals surface area contributed by atoms with Gasteiger partial charge in [-0.25, -0.2) is 5.01 Å². The highest BCUT2D eigenvalue weighted by Crippen LogP contribution is 2.47. The van der Waals surface area contributed by atoms with E-state index in [1.54, 1.807) is 0 Å². The minimum Gasteiger partial charge on any atom is -0.464 e. The van der Waals surface area contributed by atoms with Crippen molar-refractivity contribution in [1.82, 2.24) is 5.01 Å². The molecule has 0 amide bonds. The third-order valence-electron chi connectivity index (χ3n) is 5.85. The van der Waals surface area contributed by atoms with Crippen LogP contribution in [0.2, 0.25) is 0 Å². The van der Waals surface area contributed by atoms with E-state index in [4.69, 9.17) is 9.84 Å². The number of hydrogen-bond acceptors (Lipinski definition) is 3. The van der Waals surface area contributed by atoms with Crippen molar-refractivity contribution in [2.75, 3.05) is 0 Å². The highest BCUT2D eigenvalue weighted by molar-refractivity contribution is 6.02. The highest BCUT2D eigenvalue weighted by atomic mass is 16.5. The third-order valence-corrected chi connectivity index (χ3v) is 5.85. The van der Waals surface area contributed by atoms with Crippen molar-refractivity contribution in [2.45, 2.75) is 39.0 Å². The van der Waals surface area contributed by atoms with Crippen LogP contribution in [0.1, 0.15) is 53.4 Å². The average molecular weight is 368 g/mol. The number of fused-ring (bicyclic) bond motifs is 3. The van der Waals surface area contributed by atoms with Crippen molar-refractivity contribution in [3.63, 3.8) is 0 Å². The van der Waals surface area contributed by atoms with Crippen LogP contribution in [0.15, 0.2) is 77.9 Å². The first kappa shape index (κ1) is 17.1. The summed E-state index contributed by atoms with van der Waals surface area (Å²) in [5, 5.41) is 7.22. The SMILES string of the molecule is CCc1ccc(C2=NN3[C@H](C2)c2ccccc2O[C@H]3c2ccccc2C)cc1. The largest absolute Gasteiger partial charge is 0.464 e. The fourth-order valence-electron chi connectivity index (χ4n) is 4.21. The fourth-order valence-corrected chi connectivity index (χ4v) is 4.21. The number of benzene rings is 3. The van der Waals surface area contributed by atoms with Gasteiger partial charge in [0, 0.05) is 17.5 Å². The van der Waals surface area contributed by atoms with Crippen molar-refractivity contribution in [1.29, 1.82) is 0 Å². The molecule has 0 aliphatic carbocycles. The summed E-state index contributed by atoms with van der Waals surface area (Å²) in [6.45, 7) is 4.32. The van der Waals surface area contributed by atoms with E-state index in [0.29, 0.717) is 0 Å². The first-order chi connectivity index (χ1) is 13.7. The Balaban J connectivity index is 1.58. The van der Waals surface area contributed by atoms with E-state index in [1.807, 2.05) is 6.07 Å². The lowest BCUT2D eigenvalue weighted by Crippen LogP contribution is -2.34. The van der Waals surface area contributed by atoms with Crippen LogP contribution < -0.4 is 4.74 Å². The molecular weight excluding hydrogens is 344 g/mol. The summed E-state index contributed by atoms with van der Waals surface area (Å²) in [4.78, 5) is 0. The van der Waals surface area contributed by atoms with Crippen LogP contribution in [0.5, 0.6) is 5.75 Å². The van der Waals surface area contributed by atoms with Gasteiger partial charge in [-0.15, -0.1) is 0 Å².